The second-order valence-electron chi connectivity index (χ2n) is 4.58. The number of hydrogen-bond donors (Lipinski definition) is 3. The molecule has 0 aromatic heterocycles. The molecule has 0 radical (unpaired) electrons. The molecule has 1 fully saturated rings. The van der Waals surface area contributed by atoms with Gasteiger partial charge in [0.05, 0.1) is 12.6 Å². The zero-order valence-corrected chi connectivity index (χ0v) is 10.2. The number of rotatable bonds is 5. The van der Waals surface area contributed by atoms with E-state index in [0.717, 1.165) is 0 Å². The third-order valence-electron chi connectivity index (χ3n) is 2.46. The van der Waals surface area contributed by atoms with Gasteiger partial charge < -0.3 is 5.32 Å². The summed E-state index contributed by atoms with van der Waals surface area (Å²) in [6, 6.07) is -0.447. The Morgan fingerprint density at radius 1 is 1.47 bits per heavy atom. The van der Waals surface area contributed by atoms with E-state index in [1.54, 1.807) is 0 Å². The molecule has 3 N–H and O–H groups in total. The van der Waals surface area contributed by atoms with Crippen molar-refractivity contribution in [2.75, 3.05) is 13.1 Å². The summed E-state index contributed by atoms with van der Waals surface area (Å²) in [7, 11) is 0. The smallest absolute Gasteiger partial charge is 0.243 e. The normalized spacial score (nSPS) is 20.3. The average Bonchev–Trinajstić information content (AvgIpc) is 2.25. The van der Waals surface area contributed by atoms with Gasteiger partial charge in [0, 0.05) is 13.0 Å². The van der Waals surface area contributed by atoms with Gasteiger partial charge in [0.1, 0.15) is 0 Å². The molecule has 6 heteroatoms. The van der Waals surface area contributed by atoms with Gasteiger partial charge in [-0.2, -0.15) is 0 Å². The number of imide groups is 1. The van der Waals surface area contributed by atoms with Crippen LogP contribution in [0.1, 0.15) is 26.7 Å². The topological polar surface area (TPSA) is 87.3 Å². The molecule has 0 aromatic carbocycles. The molecule has 3 amide bonds. The highest BCUT2D eigenvalue weighted by atomic mass is 16.2. The number of carbonyl (C=O) groups is 3. The molecule has 1 rings (SSSR count). The van der Waals surface area contributed by atoms with Crippen molar-refractivity contribution in [3.63, 3.8) is 0 Å². The second-order valence-corrected chi connectivity index (χ2v) is 4.58. The molecule has 0 aromatic rings. The quantitative estimate of drug-likeness (QED) is 0.547. The minimum Gasteiger partial charge on any atom is -0.355 e. The third-order valence-corrected chi connectivity index (χ3v) is 2.46. The first-order chi connectivity index (χ1) is 7.99. The van der Waals surface area contributed by atoms with E-state index in [1.165, 1.54) is 0 Å². The summed E-state index contributed by atoms with van der Waals surface area (Å²) in [6.45, 7) is 4.73. The molecule has 0 aliphatic carbocycles. The zero-order chi connectivity index (χ0) is 12.8. The van der Waals surface area contributed by atoms with E-state index in [1.807, 2.05) is 13.8 Å². The van der Waals surface area contributed by atoms with Gasteiger partial charge >= 0.3 is 0 Å². The van der Waals surface area contributed by atoms with E-state index in [0.29, 0.717) is 25.3 Å². The Balaban J connectivity index is 2.23. The molecule has 1 saturated heterocycles. The Bertz CT molecular complexity index is 315. The lowest BCUT2D eigenvalue weighted by molar-refractivity contribution is -0.134. The maximum absolute atomic E-state index is 11.4. The molecule has 1 atom stereocenters. The number of hydrogen-bond acceptors (Lipinski definition) is 4. The van der Waals surface area contributed by atoms with Crippen LogP contribution in [-0.2, 0) is 14.4 Å². The minimum absolute atomic E-state index is 0.0962. The highest BCUT2D eigenvalue weighted by molar-refractivity contribution is 6.00. The highest BCUT2D eigenvalue weighted by Crippen LogP contribution is 2.03. The Kier molecular flexibility index (Phi) is 5.09. The average molecular weight is 241 g/mol. The van der Waals surface area contributed by atoms with Crippen LogP contribution in [0.25, 0.3) is 0 Å². The van der Waals surface area contributed by atoms with Crippen LogP contribution in [-0.4, -0.2) is 36.9 Å². The van der Waals surface area contributed by atoms with Gasteiger partial charge in [0.15, 0.2) is 0 Å². The first-order valence-corrected chi connectivity index (χ1v) is 5.83. The fourth-order valence-corrected chi connectivity index (χ4v) is 1.48. The van der Waals surface area contributed by atoms with Crippen LogP contribution in [0.4, 0.5) is 0 Å². The van der Waals surface area contributed by atoms with Gasteiger partial charge in [-0.05, 0) is 12.3 Å². The van der Waals surface area contributed by atoms with Crippen LogP contribution in [0.2, 0.25) is 0 Å². The van der Waals surface area contributed by atoms with E-state index in [2.05, 4.69) is 16.0 Å². The first kappa shape index (κ1) is 13.6. The number of nitrogens with one attached hydrogen (secondary N) is 3. The maximum Gasteiger partial charge on any atom is 0.243 e. The monoisotopic (exact) mass is 241 g/mol. The molecule has 1 heterocycles. The predicted molar refractivity (Wildman–Crippen MR) is 62.0 cm³/mol. The summed E-state index contributed by atoms with van der Waals surface area (Å²) < 4.78 is 0. The Morgan fingerprint density at radius 3 is 2.76 bits per heavy atom. The molecule has 96 valence electrons. The largest absolute Gasteiger partial charge is 0.355 e. The molecule has 1 unspecified atom stereocenters. The van der Waals surface area contributed by atoms with Crippen LogP contribution < -0.4 is 16.0 Å². The van der Waals surface area contributed by atoms with Crippen molar-refractivity contribution in [3.05, 3.63) is 0 Å². The van der Waals surface area contributed by atoms with E-state index >= 15 is 0 Å². The van der Waals surface area contributed by atoms with Gasteiger partial charge in [-0.25, -0.2) is 0 Å². The summed E-state index contributed by atoms with van der Waals surface area (Å²) in [4.78, 5) is 33.6. The fourth-order valence-electron chi connectivity index (χ4n) is 1.48. The van der Waals surface area contributed by atoms with Gasteiger partial charge in [-0.1, -0.05) is 13.8 Å². The molecule has 1 aliphatic rings. The highest BCUT2D eigenvalue weighted by Gasteiger charge is 2.26. The predicted octanol–water partition coefficient (Wildman–Crippen LogP) is -0.847. The van der Waals surface area contributed by atoms with Crippen LogP contribution >= 0.6 is 0 Å². The zero-order valence-electron chi connectivity index (χ0n) is 10.2. The first-order valence-electron chi connectivity index (χ1n) is 5.83. The molecule has 0 bridgehead atoms. The molecule has 0 spiro atoms. The van der Waals surface area contributed by atoms with E-state index in [-0.39, 0.29) is 24.3 Å². The molecular formula is C11H19N3O3. The van der Waals surface area contributed by atoms with Crippen molar-refractivity contribution in [2.45, 2.75) is 32.7 Å². The van der Waals surface area contributed by atoms with Gasteiger partial charge in [-0.15, -0.1) is 0 Å². The fraction of sp³-hybridized carbons (Fsp3) is 0.727. The van der Waals surface area contributed by atoms with Crippen molar-refractivity contribution < 1.29 is 14.4 Å². The summed E-state index contributed by atoms with van der Waals surface area (Å²) >= 11 is 0. The van der Waals surface area contributed by atoms with E-state index in [9.17, 15) is 14.4 Å². The maximum atomic E-state index is 11.4. The van der Waals surface area contributed by atoms with Crippen molar-refractivity contribution in [1.29, 1.82) is 0 Å². The Morgan fingerprint density at radius 2 is 2.18 bits per heavy atom. The van der Waals surface area contributed by atoms with Crippen LogP contribution in [0.5, 0.6) is 0 Å². The molecule has 0 saturated carbocycles. The van der Waals surface area contributed by atoms with Crippen molar-refractivity contribution in [3.8, 4) is 0 Å². The second kappa shape index (κ2) is 6.34. The molecule has 17 heavy (non-hydrogen) atoms. The Labute approximate surface area is 101 Å². The minimum atomic E-state index is -0.447. The summed E-state index contributed by atoms with van der Waals surface area (Å²) in [5.41, 5.74) is 0. The number of amides is 3. The lowest BCUT2D eigenvalue weighted by atomic mass is 10.1. The SMILES string of the molecule is CC(C)CNC(=O)CNC1CCC(=O)NC1=O. The van der Waals surface area contributed by atoms with Crippen molar-refractivity contribution in [1.82, 2.24) is 16.0 Å². The number of carbonyl (C=O) groups excluding carboxylic acids is 3. The lowest BCUT2D eigenvalue weighted by Crippen LogP contribution is -2.52. The van der Waals surface area contributed by atoms with Gasteiger partial charge in [0.2, 0.25) is 17.7 Å². The standard InChI is InChI=1S/C11H19N3O3/c1-7(2)5-13-10(16)6-12-8-3-4-9(15)14-11(8)17/h7-8,12H,3-6H2,1-2H3,(H,13,16)(H,14,15,17). The molecular weight excluding hydrogens is 222 g/mol. The van der Waals surface area contributed by atoms with Gasteiger partial charge in [0.25, 0.3) is 0 Å². The molecule has 6 nitrogen and oxygen atoms in total. The van der Waals surface area contributed by atoms with Gasteiger partial charge in [-0.3, -0.25) is 25.0 Å². The third kappa shape index (κ3) is 4.95. The summed E-state index contributed by atoms with van der Waals surface area (Å²) in [5, 5.41) is 7.82. The lowest BCUT2D eigenvalue weighted by Gasteiger charge is -2.21. The summed E-state index contributed by atoms with van der Waals surface area (Å²) in [5.74, 6) is -0.340. The van der Waals surface area contributed by atoms with Crippen LogP contribution in [0.15, 0.2) is 0 Å². The van der Waals surface area contributed by atoms with Crippen molar-refractivity contribution in [2.24, 2.45) is 5.92 Å². The Hall–Kier alpha value is -1.43. The van der Waals surface area contributed by atoms with Crippen LogP contribution in [0, 0.1) is 5.92 Å². The van der Waals surface area contributed by atoms with E-state index in [4.69, 9.17) is 0 Å². The summed E-state index contributed by atoms with van der Waals surface area (Å²) in [6.07, 6.45) is 0.763. The van der Waals surface area contributed by atoms with Crippen molar-refractivity contribution >= 4 is 17.7 Å². The van der Waals surface area contributed by atoms with Crippen LogP contribution in [0.3, 0.4) is 0 Å². The number of piperidine rings is 1. The van der Waals surface area contributed by atoms with E-state index < -0.39 is 6.04 Å². The molecule has 1 aliphatic heterocycles.